The Morgan fingerprint density at radius 3 is 2.59 bits per heavy atom. The van der Waals surface area contributed by atoms with Crippen LogP contribution in [0.5, 0.6) is 5.88 Å². The molecule has 0 bridgehead atoms. The highest BCUT2D eigenvalue weighted by molar-refractivity contribution is 5.71. The number of H-pyrrole nitrogens is 1. The fraction of sp³-hybridized carbons (Fsp3) is 0.333. The highest BCUT2D eigenvalue weighted by atomic mass is 19.4. The van der Waals surface area contributed by atoms with Crippen LogP contribution in [-0.2, 0) is 11.2 Å². The maximum absolute atomic E-state index is 12.0. The lowest BCUT2D eigenvalue weighted by Crippen LogP contribution is -2.23. The number of ether oxygens (including phenoxy) is 1. The monoisotopic (exact) mass is 251 g/mol. The van der Waals surface area contributed by atoms with E-state index in [2.05, 4.69) is 9.72 Å². The molecule has 94 valence electrons. The fourth-order valence-electron chi connectivity index (χ4n) is 1.21. The van der Waals surface area contributed by atoms with E-state index in [0.29, 0.717) is 0 Å². The highest BCUT2D eigenvalue weighted by Gasteiger charge is 2.33. The summed E-state index contributed by atoms with van der Waals surface area (Å²) in [6.45, 7) is 1.36. The number of pyridine rings is 1. The predicted molar refractivity (Wildman–Crippen MR) is 49.8 cm³/mol. The van der Waals surface area contributed by atoms with Crippen molar-refractivity contribution in [2.24, 2.45) is 0 Å². The first kappa shape index (κ1) is 13.1. The van der Waals surface area contributed by atoms with Gasteiger partial charge in [0, 0.05) is 11.8 Å². The van der Waals surface area contributed by atoms with Crippen molar-refractivity contribution in [3.63, 3.8) is 0 Å². The van der Waals surface area contributed by atoms with Crippen molar-refractivity contribution in [1.29, 1.82) is 0 Å². The van der Waals surface area contributed by atoms with Gasteiger partial charge in [-0.05, 0) is 6.92 Å². The van der Waals surface area contributed by atoms with Gasteiger partial charge in [-0.25, -0.2) is 0 Å². The zero-order valence-corrected chi connectivity index (χ0v) is 8.59. The number of halogens is 3. The molecule has 0 spiro atoms. The first-order valence-electron chi connectivity index (χ1n) is 4.39. The molecule has 0 unspecified atom stereocenters. The van der Waals surface area contributed by atoms with Gasteiger partial charge in [-0.3, -0.25) is 9.59 Å². The molecule has 0 amide bonds. The number of hydrogen-bond donors (Lipinski definition) is 2. The maximum atomic E-state index is 12.0. The van der Waals surface area contributed by atoms with Gasteiger partial charge in [0.05, 0.1) is 12.0 Å². The highest BCUT2D eigenvalue weighted by Crippen LogP contribution is 2.23. The topological polar surface area (TPSA) is 79.4 Å². The molecule has 0 aromatic carbocycles. The summed E-state index contributed by atoms with van der Waals surface area (Å²) in [5.41, 5.74) is -1.24. The maximum Gasteiger partial charge on any atom is 0.574 e. The minimum absolute atomic E-state index is 0.142. The zero-order chi connectivity index (χ0) is 13.2. The smallest absolute Gasteiger partial charge is 0.481 e. The first-order chi connectivity index (χ1) is 7.69. The van der Waals surface area contributed by atoms with Crippen LogP contribution in [0.2, 0.25) is 0 Å². The Bertz CT molecular complexity index is 492. The Morgan fingerprint density at radius 2 is 2.12 bits per heavy atom. The molecule has 0 saturated carbocycles. The molecule has 0 atom stereocenters. The summed E-state index contributed by atoms with van der Waals surface area (Å²) in [6, 6.07) is 1.00. The van der Waals surface area contributed by atoms with Gasteiger partial charge in [-0.2, -0.15) is 0 Å². The lowest BCUT2D eigenvalue weighted by molar-refractivity contribution is -0.276. The molecule has 1 rings (SSSR count). The van der Waals surface area contributed by atoms with E-state index >= 15 is 0 Å². The van der Waals surface area contributed by atoms with Gasteiger partial charge < -0.3 is 14.8 Å². The van der Waals surface area contributed by atoms with Crippen LogP contribution in [0.3, 0.4) is 0 Å². The first-order valence-corrected chi connectivity index (χ1v) is 4.39. The van der Waals surface area contributed by atoms with E-state index in [-0.39, 0.29) is 5.69 Å². The van der Waals surface area contributed by atoms with Gasteiger partial charge in [0.1, 0.15) is 0 Å². The molecule has 1 aromatic heterocycles. The van der Waals surface area contributed by atoms with Gasteiger partial charge >= 0.3 is 12.3 Å². The molecule has 0 aliphatic carbocycles. The molecule has 17 heavy (non-hydrogen) atoms. The number of carbonyl (C=O) groups is 1. The molecule has 2 N–H and O–H groups in total. The van der Waals surface area contributed by atoms with E-state index in [9.17, 15) is 22.8 Å². The van der Waals surface area contributed by atoms with E-state index in [0.717, 1.165) is 6.07 Å². The Hall–Kier alpha value is -1.99. The summed E-state index contributed by atoms with van der Waals surface area (Å²) in [6.07, 6.45) is -5.84. The number of alkyl halides is 3. The van der Waals surface area contributed by atoms with Crippen LogP contribution in [-0.4, -0.2) is 22.4 Å². The van der Waals surface area contributed by atoms with Crippen molar-refractivity contribution >= 4 is 5.97 Å². The molecule has 0 aliphatic rings. The van der Waals surface area contributed by atoms with E-state index in [1.54, 1.807) is 0 Å². The van der Waals surface area contributed by atoms with Gasteiger partial charge in [0.15, 0.2) is 5.43 Å². The second kappa shape index (κ2) is 4.48. The van der Waals surface area contributed by atoms with Crippen molar-refractivity contribution in [2.45, 2.75) is 19.7 Å². The second-order valence-electron chi connectivity index (χ2n) is 3.24. The van der Waals surface area contributed by atoms with Gasteiger partial charge in [0.2, 0.25) is 5.88 Å². The average molecular weight is 251 g/mol. The quantitative estimate of drug-likeness (QED) is 0.846. The lowest BCUT2D eigenvalue weighted by Gasteiger charge is -2.12. The third-order valence-electron chi connectivity index (χ3n) is 1.78. The van der Waals surface area contributed by atoms with E-state index in [4.69, 9.17) is 5.11 Å². The number of aromatic nitrogens is 1. The molecular formula is C9H8F3NO4. The van der Waals surface area contributed by atoms with Crippen molar-refractivity contribution in [3.8, 4) is 5.88 Å². The summed E-state index contributed by atoms with van der Waals surface area (Å²) in [4.78, 5) is 24.0. The molecule has 8 heteroatoms. The summed E-state index contributed by atoms with van der Waals surface area (Å²) >= 11 is 0. The van der Waals surface area contributed by atoms with Crippen molar-refractivity contribution in [3.05, 3.63) is 27.5 Å². The number of nitrogens with one attached hydrogen (secondary N) is 1. The largest absolute Gasteiger partial charge is 0.574 e. The molecule has 1 aromatic rings. The third kappa shape index (κ3) is 3.82. The third-order valence-corrected chi connectivity index (χ3v) is 1.78. The standard InChI is InChI=1S/C9H8F3NO4/c1-4-2-6(14)5(3-7(15)16)8(13-4)17-9(10,11)12/h2H,3H2,1H3,(H,13,14)(H,15,16). The predicted octanol–water partition coefficient (Wildman–Crippen LogP) is 1.21. The number of aliphatic carboxylic acids is 1. The van der Waals surface area contributed by atoms with Crippen molar-refractivity contribution in [1.82, 2.24) is 4.98 Å². The van der Waals surface area contributed by atoms with Crippen LogP contribution in [0.4, 0.5) is 13.2 Å². The van der Waals surface area contributed by atoms with Crippen LogP contribution in [0, 0.1) is 6.92 Å². The normalized spacial score (nSPS) is 11.3. The minimum atomic E-state index is -5.00. The molecule has 0 radical (unpaired) electrons. The molecule has 0 fully saturated rings. The van der Waals surface area contributed by atoms with E-state index < -0.39 is 35.6 Å². The second-order valence-corrected chi connectivity index (χ2v) is 3.24. The molecule has 0 saturated heterocycles. The Balaban J connectivity index is 3.25. The summed E-state index contributed by atoms with van der Waals surface area (Å²) in [5, 5.41) is 8.49. The summed E-state index contributed by atoms with van der Waals surface area (Å²) in [7, 11) is 0. The Kier molecular flexibility index (Phi) is 3.45. The minimum Gasteiger partial charge on any atom is -0.481 e. The van der Waals surface area contributed by atoms with Crippen LogP contribution < -0.4 is 10.2 Å². The molecule has 1 heterocycles. The van der Waals surface area contributed by atoms with E-state index in [1.807, 2.05) is 0 Å². The zero-order valence-electron chi connectivity index (χ0n) is 8.59. The Morgan fingerprint density at radius 1 is 1.53 bits per heavy atom. The van der Waals surface area contributed by atoms with Gasteiger partial charge in [0.25, 0.3) is 0 Å². The number of carboxylic acids is 1. The number of rotatable bonds is 3. The average Bonchev–Trinajstić information content (AvgIpc) is 2.07. The number of aryl methyl sites for hydroxylation is 1. The number of carboxylic acid groups (broad SMARTS) is 1. The van der Waals surface area contributed by atoms with Crippen molar-refractivity contribution < 1.29 is 27.8 Å². The SMILES string of the molecule is Cc1cc(=O)c(CC(=O)O)c(OC(F)(F)F)[nH]1. The van der Waals surface area contributed by atoms with Crippen LogP contribution in [0.15, 0.2) is 10.9 Å². The number of aromatic amines is 1. The molecule has 5 nitrogen and oxygen atoms in total. The fourth-order valence-corrected chi connectivity index (χ4v) is 1.21. The van der Waals surface area contributed by atoms with E-state index in [1.165, 1.54) is 6.92 Å². The summed E-state index contributed by atoms with van der Waals surface area (Å²) in [5.74, 6) is -2.31. The van der Waals surface area contributed by atoms with Crippen LogP contribution in [0.1, 0.15) is 11.3 Å². The van der Waals surface area contributed by atoms with Crippen LogP contribution >= 0.6 is 0 Å². The number of hydrogen-bond acceptors (Lipinski definition) is 3. The van der Waals surface area contributed by atoms with Gasteiger partial charge in [-0.15, -0.1) is 13.2 Å². The van der Waals surface area contributed by atoms with Crippen molar-refractivity contribution in [2.75, 3.05) is 0 Å². The Labute approximate surface area is 92.8 Å². The van der Waals surface area contributed by atoms with Gasteiger partial charge in [-0.1, -0.05) is 0 Å². The lowest BCUT2D eigenvalue weighted by atomic mass is 10.2. The van der Waals surface area contributed by atoms with Crippen LogP contribution in [0.25, 0.3) is 0 Å². The molecular weight excluding hydrogens is 243 g/mol. The molecule has 0 aliphatic heterocycles. The summed E-state index contributed by atoms with van der Waals surface area (Å²) < 4.78 is 39.7.